The second kappa shape index (κ2) is 5.58. The van der Waals surface area contributed by atoms with Gasteiger partial charge in [-0.15, -0.1) is 0 Å². The van der Waals surface area contributed by atoms with Crippen molar-refractivity contribution in [2.24, 2.45) is 0 Å². The molecule has 0 fully saturated rings. The molecule has 0 aliphatic carbocycles. The molecule has 0 aromatic heterocycles. The number of ether oxygens (including phenoxy) is 1. The first-order valence-corrected chi connectivity index (χ1v) is 5.85. The predicted octanol–water partition coefficient (Wildman–Crippen LogP) is 1.97. The Bertz CT molecular complexity index is 414. The number of nitrogens with one attached hydrogen (secondary N) is 1. The molecule has 0 spiro atoms. The molecule has 1 aliphatic heterocycles. The molecule has 0 atom stereocenters. The summed E-state index contributed by atoms with van der Waals surface area (Å²) in [5, 5.41) is 3.18. The lowest BCUT2D eigenvalue weighted by molar-refractivity contribution is 0.288. The molecule has 0 unspecified atom stereocenters. The van der Waals surface area contributed by atoms with Crippen LogP contribution in [0.5, 0.6) is 5.75 Å². The number of benzene rings is 1. The van der Waals surface area contributed by atoms with E-state index in [1.165, 1.54) is 5.56 Å². The highest BCUT2D eigenvalue weighted by Crippen LogP contribution is 2.25. The van der Waals surface area contributed by atoms with Crippen molar-refractivity contribution in [3.05, 3.63) is 29.3 Å². The van der Waals surface area contributed by atoms with E-state index in [0.29, 0.717) is 0 Å². The highest BCUT2D eigenvalue weighted by atomic mass is 16.5. The van der Waals surface area contributed by atoms with Crippen LogP contribution in [0.25, 0.3) is 0 Å². The van der Waals surface area contributed by atoms with Gasteiger partial charge in [0.1, 0.15) is 5.75 Å². The molecular weight excluding hydrogens is 198 g/mol. The van der Waals surface area contributed by atoms with Gasteiger partial charge in [0.15, 0.2) is 0 Å². The van der Waals surface area contributed by atoms with Crippen molar-refractivity contribution in [3.63, 3.8) is 0 Å². The second-order valence-electron chi connectivity index (χ2n) is 3.86. The minimum Gasteiger partial charge on any atom is -0.493 e. The van der Waals surface area contributed by atoms with Crippen molar-refractivity contribution in [2.75, 3.05) is 19.7 Å². The van der Waals surface area contributed by atoms with E-state index in [9.17, 15) is 0 Å². The molecule has 84 valence electrons. The maximum atomic E-state index is 5.56. The quantitative estimate of drug-likeness (QED) is 0.601. The van der Waals surface area contributed by atoms with E-state index in [1.54, 1.807) is 0 Å². The molecule has 1 heterocycles. The number of fused-ring (bicyclic) bond motifs is 1. The van der Waals surface area contributed by atoms with E-state index in [1.807, 2.05) is 12.1 Å². The fourth-order valence-electron chi connectivity index (χ4n) is 1.77. The molecule has 2 rings (SSSR count). The van der Waals surface area contributed by atoms with E-state index in [0.717, 1.165) is 43.9 Å². The van der Waals surface area contributed by atoms with Crippen LogP contribution in [0.2, 0.25) is 0 Å². The first-order chi connectivity index (χ1) is 7.90. The predicted molar refractivity (Wildman–Crippen MR) is 65.7 cm³/mol. The lowest BCUT2D eigenvalue weighted by Gasteiger charge is -2.16. The Labute approximate surface area is 97.0 Å². The zero-order valence-corrected chi connectivity index (χ0v) is 9.68. The number of hydrogen-bond donors (Lipinski definition) is 1. The number of rotatable bonds is 2. The molecule has 1 N–H and O–H groups in total. The summed E-state index contributed by atoms with van der Waals surface area (Å²) in [6.07, 6.45) is 2.22. The van der Waals surface area contributed by atoms with Crippen LogP contribution in [0, 0.1) is 11.8 Å². The summed E-state index contributed by atoms with van der Waals surface area (Å²) in [4.78, 5) is 0. The summed E-state index contributed by atoms with van der Waals surface area (Å²) in [5.74, 6) is 7.30. The molecule has 1 aromatic rings. The van der Waals surface area contributed by atoms with E-state index < -0.39 is 0 Å². The van der Waals surface area contributed by atoms with Gasteiger partial charge in [0.05, 0.1) is 13.2 Å². The third-order valence-corrected chi connectivity index (χ3v) is 2.60. The smallest absolute Gasteiger partial charge is 0.122 e. The zero-order chi connectivity index (χ0) is 11.2. The van der Waals surface area contributed by atoms with Crippen LogP contribution < -0.4 is 10.1 Å². The van der Waals surface area contributed by atoms with Crippen LogP contribution in [-0.2, 0) is 6.42 Å². The molecule has 0 saturated carbocycles. The standard InChI is InChI=1S/C14H17NO/c1-2-15-9-3-5-12-7-8-14-13(11-12)6-4-10-16-14/h7-8,11,15H,2,4,6,9-10H2,1H3. The average molecular weight is 215 g/mol. The van der Waals surface area contributed by atoms with Gasteiger partial charge in [-0.2, -0.15) is 0 Å². The normalized spacial score (nSPS) is 13.3. The fraction of sp³-hybridized carbons (Fsp3) is 0.429. The van der Waals surface area contributed by atoms with E-state index >= 15 is 0 Å². The van der Waals surface area contributed by atoms with Crippen molar-refractivity contribution in [3.8, 4) is 17.6 Å². The van der Waals surface area contributed by atoms with Crippen LogP contribution in [0.4, 0.5) is 0 Å². The third-order valence-electron chi connectivity index (χ3n) is 2.60. The van der Waals surface area contributed by atoms with Gasteiger partial charge < -0.3 is 10.1 Å². The molecule has 2 heteroatoms. The molecule has 0 radical (unpaired) electrons. The number of hydrogen-bond acceptors (Lipinski definition) is 2. The topological polar surface area (TPSA) is 21.3 Å². The Morgan fingerprint density at radius 2 is 2.38 bits per heavy atom. The van der Waals surface area contributed by atoms with Crippen LogP contribution >= 0.6 is 0 Å². The van der Waals surface area contributed by atoms with E-state index in [4.69, 9.17) is 4.74 Å². The first-order valence-electron chi connectivity index (χ1n) is 5.85. The highest BCUT2D eigenvalue weighted by Gasteiger charge is 2.09. The second-order valence-corrected chi connectivity index (χ2v) is 3.86. The van der Waals surface area contributed by atoms with Gasteiger partial charge in [0, 0.05) is 5.56 Å². The summed E-state index contributed by atoms with van der Waals surface area (Å²) in [7, 11) is 0. The maximum absolute atomic E-state index is 5.56. The molecule has 0 saturated heterocycles. The SMILES string of the molecule is CCNCC#Cc1ccc2c(c1)CCCO2. The van der Waals surface area contributed by atoms with Gasteiger partial charge >= 0.3 is 0 Å². The summed E-state index contributed by atoms with van der Waals surface area (Å²) in [5.41, 5.74) is 2.38. The Morgan fingerprint density at radius 1 is 1.44 bits per heavy atom. The Hall–Kier alpha value is -1.46. The Morgan fingerprint density at radius 3 is 3.25 bits per heavy atom. The lowest BCUT2D eigenvalue weighted by Crippen LogP contribution is -2.12. The van der Waals surface area contributed by atoms with Crippen molar-refractivity contribution < 1.29 is 4.74 Å². The lowest BCUT2D eigenvalue weighted by atomic mass is 10.0. The average Bonchev–Trinajstić information content (AvgIpc) is 2.34. The van der Waals surface area contributed by atoms with E-state index in [-0.39, 0.29) is 0 Å². The summed E-state index contributed by atoms with van der Waals surface area (Å²) < 4.78 is 5.56. The molecule has 0 bridgehead atoms. The van der Waals surface area contributed by atoms with Gasteiger partial charge in [0.25, 0.3) is 0 Å². The fourth-order valence-corrected chi connectivity index (χ4v) is 1.77. The van der Waals surface area contributed by atoms with E-state index in [2.05, 4.69) is 30.1 Å². The van der Waals surface area contributed by atoms with Crippen molar-refractivity contribution >= 4 is 0 Å². The van der Waals surface area contributed by atoms with Crippen LogP contribution in [0.15, 0.2) is 18.2 Å². The van der Waals surface area contributed by atoms with Crippen LogP contribution in [-0.4, -0.2) is 19.7 Å². The largest absolute Gasteiger partial charge is 0.493 e. The van der Waals surface area contributed by atoms with Gasteiger partial charge in [0.2, 0.25) is 0 Å². The molecule has 0 amide bonds. The molecule has 2 nitrogen and oxygen atoms in total. The molecule has 16 heavy (non-hydrogen) atoms. The Kier molecular flexibility index (Phi) is 3.85. The Balaban J connectivity index is 2.07. The third kappa shape index (κ3) is 2.77. The van der Waals surface area contributed by atoms with Gasteiger partial charge in [-0.1, -0.05) is 18.8 Å². The van der Waals surface area contributed by atoms with Crippen molar-refractivity contribution in [1.82, 2.24) is 5.32 Å². The molecule has 1 aromatic carbocycles. The maximum Gasteiger partial charge on any atom is 0.122 e. The van der Waals surface area contributed by atoms with Gasteiger partial charge in [-0.05, 0) is 43.1 Å². The van der Waals surface area contributed by atoms with Crippen LogP contribution in [0.3, 0.4) is 0 Å². The molecular formula is C14H17NO. The minimum atomic E-state index is 0.754. The highest BCUT2D eigenvalue weighted by molar-refractivity contribution is 5.45. The van der Waals surface area contributed by atoms with Crippen molar-refractivity contribution in [1.29, 1.82) is 0 Å². The monoisotopic (exact) mass is 215 g/mol. The summed E-state index contributed by atoms with van der Waals surface area (Å²) in [6, 6.07) is 6.21. The summed E-state index contributed by atoms with van der Waals surface area (Å²) >= 11 is 0. The summed E-state index contributed by atoms with van der Waals surface area (Å²) in [6.45, 7) is 4.65. The van der Waals surface area contributed by atoms with Crippen LogP contribution in [0.1, 0.15) is 24.5 Å². The van der Waals surface area contributed by atoms with Crippen molar-refractivity contribution in [2.45, 2.75) is 19.8 Å². The number of aryl methyl sites for hydroxylation is 1. The minimum absolute atomic E-state index is 0.754. The van der Waals surface area contributed by atoms with Gasteiger partial charge in [-0.25, -0.2) is 0 Å². The van der Waals surface area contributed by atoms with Gasteiger partial charge in [-0.3, -0.25) is 0 Å². The molecule has 1 aliphatic rings. The first kappa shape index (κ1) is 11.0. The zero-order valence-electron chi connectivity index (χ0n) is 9.68.